The average molecular weight is 226 g/mol. The second kappa shape index (κ2) is 6.89. The summed E-state index contributed by atoms with van der Waals surface area (Å²) in [7, 11) is 0. The van der Waals surface area contributed by atoms with Gasteiger partial charge < -0.3 is 10.2 Å². The van der Waals surface area contributed by atoms with Crippen LogP contribution in [-0.4, -0.2) is 36.5 Å². The highest BCUT2D eigenvalue weighted by atomic mass is 16.1. The van der Waals surface area contributed by atoms with Crippen LogP contribution in [0, 0.1) is 5.92 Å². The van der Waals surface area contributed by atoms with Gasteiger partial charge in [-0.25, -0.2) is 0 Å². The summed E-state index contributed by atoms with van der Waals surface area (Å²) in [5, 5.41) is 3.15. The minimum absolute atomic E-state index is 0.239. The lowest BCUT2D eigenvalue weighted by molar-refractivity contribution is -0.122. The lowest BCUT2D eigenvalue weighted by Crippen LogP contribution is -2.44. The van der Waals surface area contributed by atoms with Gasteiger partial charge in [-0.2, -0.15) is 0 Å². The molecule has 0 unspecified atom stereocenters. The topological polar surface area (TPSA) is 32.3 Å². The number of rotatable bonds is 5. The van der Waals surface area contributed by atoms with Crippen LogP contribution in [0.4, 0.5) is 0 Å². The highest BCUT2D eigenvalue weighted by Crippen LogP contribution is 2.10. The minimum Gasteiger partial charge on any atom is -0.353 e. The summed E-state index contributed by atoms with van der Waals surface area (Å²) in [6.07, 6.45) is 3.91. The quantitative estimate of drug-likeness (QED) is 0.778. The molecule has 0 spiro atoms. The fraction of sp³-hybridized carbons (Fsp3) is 0.923. The van der Waals surface area contributed by atoms with Crippen LogP contribution >= 0.6 is 0 Å². The highest BCUT2D eigenvalue weighted by molar-refractivity contribution is 5.76. The fourth-order valence-corrected chi connectivity index (χ4v) is 2.11. The number of hydrogen-bond donors (Lipinski definition) is 1. The van der Waals surface area contributed by atoms with Crippen molar-refractivity contribution in [1.82, 2.24) is 10.2 Å². The lowest BCUT2D eigenvalue weighted by Gasteiger charge is -2.31. The van der Waals surface area contributed by atoms with Gasteiger partial charge in [0, 0.05) is 25.6 Å². The molecule has 1 saturated heterocycles. The molecular weight excluding hydrogens is 200 g/mol. The zero-order chi connectivity index (χ0) is 12.0. The molecule has 0 aromatic heterocycles. The fourth-order valence-electron chi connectivity index (χ4n) is 2.11. The third-order valence-corrected chi connectivity index (χ3v) is 3.35. The molecule has 0 aromatic carbocycles. The van der Waals surface area contributed by atoms with Crippen molar-refractivity contribution >= 4 is 5.91 Å². The van der Waals surface area contributed by atoms with E-state index in [-0.39, 0.29) is 5.91 Å². The van der Waals surface area contributed by atoms with Crippen LogP contribution in [0.2, 0.25) is 0 Å². The summed E-state index contributed by atoms with van der Waals surface area (Å²) in [6, 6.07) is 0.419. The summed E-state index contributed by atoms with van der Waals surface area (Å²) in [5.41, 5.74) is 0. The maximum Gasteiger partial charge on any atom is 0.220 e. The van der Waals surface area contributed by atoms with Crippen molar-refractivity contribution in [2.24, 2.45) is 5.92 Å². The number of amides is 1. The summed E-state index contributed by atoms with van der Waals surface area (Å²) in [4.78, 5) is 14.1. The Morgan fingerprint density at radius 3 is 2.50 bits per heavy atom. The van der Waals surface area contributed by atoms with Gasteiger partial charge in [-0.05, 0) is 31.7 Å². The van der Waals surface area contributed by atoms with E-state index in [1.165, 1.54) is 0 Å². The van der Waals surface area contributed by atoms with E-state index in [9.17, 15) is 4.79 Å². The molecule has 1 aliphatic rings. The Morgan fingerprint density at radius 2 is 2.00 bits per heavy atom. The second-order valence-corrected chi connectivity index (χ2v) is 5.21. The van der Waals surface area contributed by atoms with Gasteiger partial charge in [-0.3, -0.25) is 4.79 Å². The largest absolute Gasteiger partial charge is 0.353 e. The summed E-state index contributed by atoms with van der Waals surface area (Å²) in [5.74, 6) is 0.858. The van der Waals surface area contributed by atoms with Gasteiger partial charge >= 0.3 is 0 Å². The van der Waals surface area contributed by atoms with E-state index < -0.39 is 0 Å². The van der Waals surface area contributed by atoms with Crippen molar-refractivity contribution in [3.8, 4) is 0 Å². The first kappa shape index (κ1) is 13.5. The van der Waals surface area contributed by atoms with Gasteiger partial charge in [-0.15, -0.1) is 0 Å². The van der Waals surface area contributed by atoms with Gasteiger partial charge in [0.1, 0.15) is 0 Å². The second-order valence-electron chi connectivity index (χ2n) is 5.21. The van der Waals surface area contributed by atoms with Crippen molar-refractivity contribution in [2.75, 3.05) is 19.6 Å². The molecule has 16 heavy (non-hydrogen) atoms. The third kappa shape index (κ3) is 4.97. The molecule has 3 nitrogen and oxygen atoms in total. The summed E-state index contributed by atoms with van der Waals surface area (Å²) < 4.78 is 0. The molecular formula is C13H26N2O. The smallest absolute Gasteiger partial charge is 0.220 e. The van der Waals surface area contributed by atoms with E-state index in [0.29, 0.717) is 18.4 Å². The van der Waals surface area contributed by atoms with E-state index >= 15 is 0 Å². The van der Waals surface area contributed by atoms with Crippen molar-refractivity contribution in [1.29, 1.82) is 0 Å². The predicted octanol–water partition coefficient (Wildman–Crippen LogP) is 2.02. The van der Waals surface area contributed by atoms with E-state index in [1.54, 1.807) is 0 Å². The summed E-state index contributed by atoms with van der Waals surface area (Å²) >= 11 is 0. The molecule has 0 saturated carbocycles. The first-order valence-corrected chi connectivity index (χ1v) is 6.63. The average Bonchev–Trinajstić information content (AvgIpc) is 2.27. The molecule has 1 amide bonds. The number of likely N-dealkylation sites (tertiary alicyclic amines) is 1. The minimum atomic E-state index is 0.239. The van der Waals surface area contributed by atoms with Crippen molar-refractivity contribution in [2.45, 2.75) is 52.5 Å². The number of carbonyl (C=O) groups excluding carboxylic acids is 1. The molecule has 0 radical (unpaired) electrons. The Hall–Kier alpha value is -0.570. The Kier molecular flexibility index (Phi) is 5.81. The molecule has 1 N–H and O–H groups in total. The van der Waals surface area contributed by atoms with Gasteiger partial charge in [-0.1, -0.05) is 20.8 Å². The first-order chi connectivity index (χ1) is 7.61. The Labute approximate surface area is 99.6 Å². The molecule has 3 heteroatoms. The van der Waals surface area contributed by atoms with Crippen molar-refractivity contribution in [3.05, 3.63) is 0 Å². The Morgan fingerprint density at radius 1 is 1.38 bits per heavy atom. The van der Waals surface area contributed by atoms with Crippen molar-refractivity contribution in [3.63, 3.8) is 0 Å². The number of nitrogens with one attached hydrogen (secondary N) is 1. The lowest BCUT2D eigenvalue weighted by atomic mass is 10.0. The zero-order valence-electron chi connectivity index (χ0n) is 11.0. The molecule has 94 valence electrons. The van der Waals surface area contributed by atoms with Crippen LogP contribution in [0.25, 0.3) is 0 Å². The van der Waals surface area contributed by atoms with Gasteiger partial charge in [0.05, 0.1) is 0 Å². The number of carbonyl (C=O) groups is 1. The van der Waals surface area contributed by atoms with Crippen LogP contribution in [0.3, 0.4) is 0 Å². The van der Waals surface area contributed by atoms with Crippen LogP contribution in [0.15, 0.2) is 0 Å². The van der Waals surface area contributed by atoms with Crippen LogP contribution in [0.1, 0.15) is 46.5 Å². The summed E-state index contributed by atoms with van der Waals surface area (Å²) in [6.45, 7) is 9.91. The molecule has 0 atom stereocenters. The molecule has 0 bridgehead atoms. The van der Waals surface area contributed by atoms with E-state index in [0.717, 1.165) is 38.9 Å². The van der Waals surface area contributed by atoms with Gasteiger partial charge in [0.25, 0.3) is 0 Å². The van der Waals surface area contributed by atoms with Crippen LogP contribution < -0.4 is 5.32 Å². The number of nitrogens with zero attached hydrogens (tertiary/aromatic N) is 1. The Bertz CT molecular complexity index is 208. The maximum atomic E-state index is 11.6. The molecule has 0 aliphatic carbocycles. The third-order valence-electron chi connectivity index (χ3n) is 3.35. The monoisotopic (exact) mass is 226 g/mol. The van der Waals surface area contributed by atoms with E-state index in [2.05, 4.69) is 31.0 Å². The standard InChI is InChI=1S/C13H26N2O/c1-4-15-9-7-12(8-10-15)14-13(16)6-5-11(2)3/h11-12H,4-10H2,1-3H3,(H,14,16). The van der Waals surface area contributed by atoms with Crippen LogP contribution in [0.5, 0.6) is 0 Å². The predicted molar refractivity (Wildman–Crippen MR) is 67.4 cm³/mol. The molecule has 1 fully saturated rings. The Balaban J connectivity index is 2.15. The number of piperidine rings is 1. The van der Waals surface area contributed by atoms with Crippen molar-refractivity contribution < 1.29 is 4.79 Å². The van der Waals surface area contributed by atoms with Crippen LogP contribution in [-0.2, 0) is 4.79 Å². The number of hydrogen-bond acceptors (Lipinski definition) is 2. The normalized spacial score (nSPS) is 19.0. The first-order valence-electron chi connectivity index (χ1n) is 6.63. The molecule has 0 aromatic rings. The zero-order valence-corrected chi connectivity index (χ0v) is 11.0. The SMILES string of the molecule is CCN1CCC(NC(=O)CCC(C)C)CC1. The maximum absolute atomic E-state index is 11.6. The van der Waals surface area contributed by atoms with Gasteiger partial charge in [0.2, 0.25) is 5.91 Å². The van der Waals surface area contributed by atoms with E-state index in [4.69, 9.17) is 0 Å². The molecule has 1 heterocycles. The van der Waals surface area contributed by atoms with E-state index in [1.807, 2.05) is 0 Å². The molecule has 1 aliphatic heterocycles. The highest BCUT2D eigenvalue weighted by Gasteiger charge is 2.19. The molecule has 1 rings (SSSR count). The van der Waals surface area contributed by atoms with Gasteiger partial charge in [0.15, 0.2) is 0 Å².